The monoisotopic (exact) mass is 289 g/mol. The lowest BCUT2D eigenvalue weighted by Gasteiger charge is -2.21. The summed E-state index contributed by atoms with van der Waals surface area (Å²) >= 11 is 0. The summed E-state index contributed by atoms with van der Waals surface area (Å²) in [7, 11) is 0. The van der Waals surface area contributed by atoms with E-state index in [0.29, 0.717) is 5.41 Å². The number of benzene rings is 1. The Morgan fingerprint density at radius 2 is 1.71 bits per heavy atom. The van der Waals surface area contributed by atoms with E-state index in [2.05, 4.69) is 50.4 Å². The molecule has 2 nitrogen and oxygen atoms in total. The quantitative estimate of drug-likeness (QED) is 0.747. The lowest BCUT2D eigenvalue weighted by molar-refractivity contribution is 0.246. The fourth-order valence-corrected chi connectivity index (χ4v) is 2.86. The predicted molar refractivity (Wildman–Crippen MR) is 91.1 cm³/mol. The van der Waals surface area contributed by atoms with Crippen LogP contribution < -0.4 is 10.1 Å². The van der Waals surface area contributed by atoms with Crippen molar-refractivity contribution in [3.63, 3.8) is 0 Å². The third-order valence-electron chi connectivity index (χ3n) is 4.20. The molecule has 0 saturated heterocycles. The van der Waals surface area contributed by atoms with Gasteiger partial charge in [0.2, 0.25) is 0 Å². The van der Waals surface area contributed by atoms with Crippen LogP contribution in [0.3, 0.4) is 0 Å². The highest BCUT2D eigenvalue weighted by molar-refractivity contribution is 5.46. The molecular weight excluding hydrogens is 258 g/mol. The fourth-order valence-electron chi connectivity index (χ4n) is 2.86. The Morgan fingerprint density at radius 1 is 1.05 bits per heavy atom. The second-order valence-electron chi connectivity index (χ2n) is 7.58. The normalized spacial score (nSPS) is 16.7. The van der Waals surface area contributed by atoms with Crippen molar-refractivity contribution in [2.45, 2.75) is 59.3 Å². The third kappa shape index (κ3) is 6.41. The Kier molecular flexibility index (Phi) is 5.96. The summed E-state index contributed by atoms with van der Waals surface area (Å²) in [6.45, 7) is 8.56. The van der Waals surface area contributed by atoms with Crippen LogP contribution >= 0.6 is 0 Å². The van der Waals surface area contributed by atoms with Crippen molar-refractivity contribution in [1.29, 1.82) is 0 Å². The number of nitrogens with one attached hydrogen (secondary N) is 1. The Bertz CT molecular complexity index is 399. The number of hydrogen-bond donors (Lipinski definition) is 1. The molecule has 0 radical (unpaired) electrons. The van der Waals surface area contributed by atoms with Gasteiger partial charge in [-0.15, -0.1) is 0 Å². The van der Waals surface area contributed by atoms with Gasteiger partial charge in [-0.25, -0.2) is 0 Å². The smallest absolute Gasteiger partial charge is 0.119 e. The molecule has 0 aliphatic heterocycles. The van der Waals surface area contributed by atoms with E-state index in [9.17, 15) is 0 Å². The maximum absolute atomic E-state index is 5.88. The van der Waals surface area contributed by atoms with Gasteiger partial charge >= 0.3 is 0 Å². The van der Waals surface area contributed by atoms with Crippen LogP contribution in [-0.4, -0.2) is 13.2 Å². The van der Waals surface area contributed by atoms with Crippen LogP contribution in [0.25, 0.3) is 0 Å². The Morgan fingerprint density at radius 3 is 2.33 bits per heavy atom. The zero-order chi connectivity index (χ0) is 15.1. The summed E-state index contributed by atoms with van der Waals surface area (Å²) < 4.78 is 5.88. The largest absolute Gasteiger partial charge is 0.494 e. The maximum atomic E-state index is 5.88. The summed E-state index contributed by atoms with van der Waals surface area (Å²) in [6.07, 6.45) is 8.28. The lowest BCUT2D eigenvalue weighted by Crippen LogP contribution is -2.18. The van der Waals surface area contributed by atoms with Crippen LogP contribution in [0.4, 0.5) is 5.69 Å². The van der Waals surface area contributed by atoms with Crippen LogP contribution in [0.5, 0.6) is 5.75 Å². The van der Waals surface area contributed by atoms with Crippen molar-refractivity contribution in [3.8, 4) is 5.75 Å². The first-order chi connectivity index (χ1) is 10.0. The average molecular weight is 289 g/mol. The van der Waals surface area contributed by atoms with Crippen molar-refractivity contribution < 1.29 is 4.74 Å². The van der Waals surface area contributed by atoms with Crippen LogP contribution in [0.1, 0.15) is 59.3 Å². The number of anilines is 1. The number of hydrogen-bond acceptors (Lipinski definition) is 2. The molecule has 0 bridgehead atoms. The Hall–Kier alpha value is -1.18. The highest BCUT2D eigenvalue weighted by atomic mass is 16.5. The number of ether oxygens (including phenoxy) is 1. The molecule has 1 aliphatic rings. The molecule has 21 heavy (non-hydrogen) atoms. The number of rotatable bonds is 6. The van der Waals surface area contributed by atoms with Crippen LogP contribution in [0, 0.1) is 11.3 Å². The Labute approximate surface area is 130 Å². The molecule has 1 aromatic carbocycles. The zero-order valence-corrected chi connectivity index (χ0v) is 14.0. The van der Waals surface area contributed by atoms with Gasteiger partial charge in [-0.05, 0) is 42.0 Å². The van der Waals surface area contributed by atoms with Gasteiger partial charge in [-0.2, -0.15) is 0 Å². The summed E-state index contributed by atoms with van der Waals surface area (Å²) in [5.74, 6) is 1.89. The van der Waals surface area contributed by atoms with Crippen LogP contribution in [0.15, 0.2) is 24.3 Å². The second kappa shape index (κ2) is 7.72. The summed E-state index contributed by atoms with van der Waals surface area (Å²) in [6, 6.07) is 8.38. The van der Waals surface area contributed by atoms with E-state index in [0.717, 1.165) is 24.8 Å². The van der Waals surface area contributed by atoms with E-state index in [-0.39, 0.29) is 0 Å². The minimum Gasteiger partial charge on any atom is -0.494 e. The Balaban J connectivity index is 1.69. The van der Waals surface area contributed by atoms with E-state index in [1.807, 2.05) is 0 Å². The van der Waals surface area contributed by atoms with E-state index < -0.39 is 0 Å². The van der Waals surface area contributed by atoms with E-state index in [1.165, 1.54) is 44.2 Å². The molecule has 1 aliphatic carbocycles. The standard InChI is InChI=1S/C19H31NO/c1-19(2,3)15-20-17-9-11-18(12-10-17)21-14-13-16-7-5-4-6-8-16/h9-12,16,20H,4-8,13-15H2,1-3H3. The first-order valence-electron chi connectivity index (χ1n) is 8.50. The second-order valence-corrected chi connectivity index (χ2v) is 7.58. The van der Waals surface area contributed by atoms with Crippen molar-refractivity contribution in [1.82, 2.24) is 0 Å². The SMILES string of the molecule is CC(C)(C)CNc1ccc(OCCC2CCCCC2)cc1. The molecule has 2 rings (SSSR count). The molecule has 0 aromatic heterocycles. The van der Waals surface area contributed by atoms with Crippen LogP contribution in [0.2, 0.25) is 0 Å². The predicted octanol–water partition coefficient (Wildman–Crippen LogP) is 5.49. The van der Waals surface area contributed by atoms with Gasteiger partial charge in [-0.1, -0.05) is 52.9 Å². The molecule has 1 N–H and O–H groups in total. The fraction of sp³-hybridized carbons (Fsp3) is 0.684. The maximum Gasteiger partial charge on any atom is 0.119 e. The molecule has 0 heterocycles. The first kappa shape index (κ1) is 16.2. The molecule has 0 spiro atoms. The zero-order valence-electron chi connectivity index (χ0n) is 14.0. The highest BCUT2D eigenvalue weighted by Gasteiger charge is 2.13. The van der Waals surface area contributed by atoms with Gasteiger partial charge in [-0.3, -0.25) is 0 Å². The van der Waals surface area contributed by atoms with E-state index in [1.54, 1.807) is 0 Å². The van der Waals surface area contributed by atoms with Crippen molar-refractivity contribution in [2.75, 3.05) is 18.5 Å². The molecular formula is C19H31NO. The van der Waals surface area contributed by atoms with Crippen molar-refractivity contribution in [3.05, 3.63) is 24.3 Å². The molecule has 1 saturated carbocycles. The summed E-state index contributed by atoms with van der Waals surface area (Å²) in [5.41, 5.74) is 1.47. The van der Waals surface area contributed by atoms with Crippen molar-refractivity contribution >= 4 is 5.69 Å². The summed E-state index contributed by atoms with van der Waals surface area (Å²) in [5, 5.41) is 3.46. The highest BCUT2D eigenvalue weighted by Crippen LogP contribution is 2.26. The van der Waals surface area contributed by atoms with Gasteiger partial charge in [0.05, 0.1) is 6.61 Å². The van der Waals surface area contributed by atoms with Gasteiger partial charge in [0.1, 0.15) is 5.75 Å². The summed E-state index contributed by atoms with van der Waals surface area (Å²) in [4.78, 5) is 0. The van der Waals surface area contributed by atoms with E-state index in [4.69, 9.17) is 4.74 Å². The lowest BCUT2D eigenvalue weighted by atomic mass is 9.87. The minimum atomic E-state index is 0.301. The molecule has 2 heteroatoms. The minimum absolute atomic E-state index is 0.301. The molecule has 0 atom stereocenters. The average Bonchev–Trinajstić information content (AvgIpc) is 2.47. The first-order valence-corrected chi connectivity index (χ1v) is 8.50. The van der Waals surface area contributed by atoms with Gasteiger partial charge in [0.15, 0.2) is 0 Å². The van der Waals surface area contributed by atoms with Gasteiger partial charge < -0.3 is 10.1 Å². The molecule has 0 unspecified atom stereocenters. The van der Waals surface area contributed by atoms with Gasteiger partial charge in [0, 0.05) is 12.2 Å². The molecule has 0 amide bonds. The van der Waals surface area contributed by atoms with Crippen molar-refractivity contribution in [2.24, 2.45) is 11.3 Å². The molecule has 118 valence electrons. The molecule has 1 fully saturated rings. The molecule has 1 aromatic rings. The topological polar surface area (TPSA) is 21.3 Å². The van der Waals surface area contributed by atoms with E-state index >= 15 is 0 Å². The van der Waals surface area contributed by atoms with Crippen LogP contribution in [-0.2, 0) is 0 Å². The third-order valence-corrected chi connectivity index (χ3v) is 4.20. The van der Waals surface area contributed by atoms with Gasteiger partial charge in [0.25, 0.3) is 0 Å².